The van der Waals surface area contributed by atoms with E-state index in [-0.39, 0.29) is 21.9 Å². The average Bonchev–Trinajstić information content (AvgIpc) is 2.31. The Morgan fingerprint density at radius 3 is 2.42 bits per heavy atom. The van der Waals surface area contributed by atoms with E-state index in [9.17, 15) is 8.42 Å². The first-order chi connectivity index (χ1) is 8.77. The van der Waals surface area contributed by atoms with E-state index in [1.54, 1.807) is 12.1 Å². The van der Waals surface area contributed by atoms with Crippen molar-refractivity contribution in [3.05, 3.63) is 28.8 Å². The third-order valence-electron chi connectivity index (χ3n) is 3.01. The van der Waals surface area contributed by atoms with Crippen molar-refractivity contribution in [1.29, 1.82) is 0 Å². The van der Waals surface area contributed by atoms with Crippen LogP contribution in [0.5, 0.6) is 0 Å². The molecule has 19 heavy (non-hydrogen) atoms. The molecule has 0 aliphatic rings. The Hall–Kier alpha value is -0.620. The van der Waals surface area contributed by atoms with Crippen molar-refractivity contribution in [1.82, 2.24) is 10.0 Å². The van der Waals surface area contributed by atoms with Crippen LogP contribution >= 0.6 is 11.6 Å². The molecule has 0 spiro atoms. The van der Waals surface area contributed by atoms with Crippen LogP contribution in [0.25, 0.3) is 0 Å². The van der Waals surface area contributed by atoms with E-state index < -0.39 is 10.0 Å². The number of sulfonamides is 1. The Bertz CT molecular complexity index is 529. The number of rotatable bonds is 6. The molecule has 108 valence electrons. The molecule has 6 heteroatoms. The molecule has 0 aliphatic carbocycles. The normalized spacial score (nSPS) is 13.8. The summed E-state index contributed by atoms with van der Waals surface area (Å²) in [6, 6.07) is 4.88. The smallest absolute Gasteiger partial charge is 0.242 e. The van der Waals surface area contributed by atoms with E-state index in [0.717, 1.165) is 5.56 Å². The van der Waals surface area contributed by atoms with Crippen LogP contribution in [-0.4, -0.2) is 21.5 Å². The van der Waals surface area contributed by atoms with E-state index >= 15 is 0 Å². The molecule has 0 aliphatic heterocycles. The van der Waals surface area contributed by atoms with Gasteiger partial charge in [-0.2, -0.15) is 0 Å². The second kappa shape index (κ2) is 6.70. The summed E-state index contributed by atoms with van der Waals surface area (Å²) < 4.78 is 27.3. The number of hydrogen-bond acceptors (Lipinski definition) is 3. The molecule has 0 radical (unpaired) electrons. The Balaban J connectivity index is 3.09. The fourth-order valence-electron chi connectivity index (χ4n) is 1.51. The molecular formula is C13H21ClN2O2S. The van der Waals surface area contributed by atoms with Crippen molar-refractivity contribution in [2.24, 2.45) is 5.92 Å². The van der Waals surface area contributed by atoms with Crippen LogP contribution in [0, 0.1) is 5.92 Å². The molecule has 2 N–H and O–H groups in total. The van der Waals surface area contributed by atoms with Gasteiger partial charge in [0.15, 0.2) is 0 Å². The van der Waals surface area contributed by atoms with Gasteiger partial charge >= 0.3 is 0 Å². The molecule has 0 saturated carbocycles. The van der Waals surface area contributed by atoms with Crippen molar-refractivity contribution in [3.63, 3.8) is 0 Å². The second-order valence-corrected chi connectivity index (χ2v) is 7.04. The topological polar surface area (TPSA) is 58.2 Å². The predicted octanol–water partition coefficient (Wildman–Crippen LogP) is 2.38. The molecule has 1 unspecified atom stereocenters. The molecule has 0 fully saturated rings. The van der Waals surface area contributed by atoms with Crippen molar-refractivity contribution in [2.75, 3.05) is 7.05 Å². The Morgan fingerprint density at radius 2 is 1.89 bits per heavy atom. The summed E-state index contributed by atoms with van der Waals surface area (Å²) in [6.07, 6.45) is 0. The average molecular weight is 305 g/mol. The fourth-order valence-corrected chi connectivity index (χ4v) is 3.45. The minimum Gasteiger partial charge on any atom is -0.316 e. The van der Waals surface area contributed by atoms with Gasteiger partial charge in [0, 0.05) is 12.6 Å². The summed E-state index contributed by atoms with van der Waals surface area (Å²) in [5, 5.41) is 3.22. The molecule has 0 heterocycles. The van der Waals surface area contributed by atoms with Gasteiger partial charge in [0.25, 0.3) is 0 Å². The molecule has 0 bridgehead atoms. The van der Waals surface area contributed by atoms with Gasteiger partial charge in [0.1, 0.15) is 4.90 Å². The maximum atomic E-state index is 12.3. The molecule has 0 aromatic heterocycles. The van der Waals surface area contributed by atoms with Crippen LogP contribution in [-0.2, 0) is 16.6 Å². The highest BCUT2D eigenvalue weighted by molar-refractivity contribution is 7.89. The van der Waals surface area contributed by atoms with Crippen LogP contribution < -0.4 is 10.0 Å². The lowest BCUT2D eigenvalue weighted by Crippen LogP contribution is -2.36. The van der Waals surface area contributed by atoms with Gasteiger partial charge in [-0.15, -0.1) is 0 Å². The maximum Gasteiger partial charge on any atom is 0.242 e. The first-order valence-corrected chi connectivity index (χ1v) is 8.09. The van der Waals surface area contributed by atoms with Crippen molar-refractivity contribution in [3.8, 4) is 0 Å². The summed E-state index contributed by atoms with van der Waals surface area (Å²) in [7, 11) is -1.78. The number of benzene rings is 1. The van der Waals surface area contributed by atoms with Gasteiger partial charge in [-0.1, -0.05) is 31.5 Å². The summed E-state index contributed by atoms with van der Waals surface area (Å²) in [5.74, 6) is 0.217. The maximum absolute atomic E-state index is 12.3. The zero-order chi connectivity index (χ0) is 14.6. The van der Waals surface area contributed by atoms with E-state index in [1.807, 2.05) is 33.9 Å². The lowest BCUT2D eigenvalue weighted by atomic mass is 10.1. The lowest BCUT2D eigenvalue weighted by Gasteiger charge is -2.18. The third kappa shape index (κ3) is 4.45. The molecule has 1 rings (SSSR count). The summed E-state index contributed by atoms with van der Waals surface area (Å²) >= 11 is 6.00. The molecule has 1 aromatic carbocycles. The molecule has 0 amide bonds. The van der Waals surface area contributed by atoms with E-state index in [0.29, 0.717) is 6.54 Å². The van der Waals surface area contributed by atoms with E-state index in [1.165, 1.54) is 0 Å². The van der Waals surface area contributed by atoms with Gasteiger partial charge in [-0.05, 0) is 37.6 Å². The second-order valence-electron chi connectivity index (χ2n) is 4.95. The predicted molar refractivity (Wildman–Crippen MR) is 78.8 cm³/mol. The highest BCUT2D eigenvalue weighted by atomic mass is 35.5. The quantitative estimate of drug-likeness (QED) is 0.848. The Kier molecular flexibility index (Phi) is 5.80. The van der Waals surface area contributed by atoms with Gasteiger partial charge in [-0.25, -0.2) is 13.1 Å². The molecule has 1 atom stereocenters. The lowest BCUT2D eigenvalue weighted by molar-refractivity contribution is 0.476. The molecular weight excluding hydrogens is 284 g/mol. The standard InChI is InChI=1S/C13H21ClN2O2S/c1-9(2)10(3)16-19(17,18)13-7-11(8-15-4)5-6-12(13)14/h5-7,9-10,15-16H,8H2,1-4H3. The van der Waals surface area contributed by atoms with Crippen molar-refractivity contribution >= 4 is 21.6 Å². The first-order valence-electron chi connectivity index (χ1n) is 6.23. The van der Waals surface area contributed by atoms with Crippen molar-refractivity contribution < 1.29 is 8.42 Å². The van der Waals surface area contributed by atoms with Gasteiger partial charge in [-0.3, -0.25) is 0 Å². The highest BCUT2D eigenvalue weighted by Crippen LogP contribution is 2.23. The van der Waals surface area contributed by atoms with Crippen molar-refractivity contribution in [2.45, 2.75) is 38.3 Å². The van der Waals surface area contributed by atoms with Gasteiger partial charge < -0.3 is 5.32 Å². The molecule has 1 aromatic rings. The highest BCUT2D eigenvalue weighted by Gasteiger charge is 2.22. The third-order valence-corrected chi connectivity index (χ3v) is 5.05. The van der Waals surface area contributed by atoms with Crippen LogP contribution in [0.2, 0.25) is 5.02 Å². The van der Waals surface area contributed by atoms with Crippen LogP contribution in [0.4, 0.5) is 0 Å². The van der Waals surface area contributed by atoms with Crippen LogP contribution in [0.15, 0.2) is 23.1 Å². The van der Waals surface area contributed by atoms with Crippen LogP contribution in [0.3, 0.4) is 0 Å². The summed E-state index contributed by atoms with van der Waals surface area (Å²) in [4.78, 5) is 0.134. The van der Waals surface area contributed by atoms with E-state index in [4.69, 9.17) is 11.6 Å². The summed E-state index contributed by atoms with van der Waals surface area (Å²) in [5.41, 5.74) is 0.879. The zero-order valence-corrected chi connectivity index (χ0v) is 13.3. The van der Waals surface area contributed by atoms with Crippen LogP contribution in [0.1, 0.15) is 26.3 Å². The number of hydrogen-bond donors (Lipinski definition) is 2. The molecule has 0 saturated heterocycles. The minimum atomic E-state index is -3.59. The monoisotopic (exact) mass is 304 g/mol. The minimum absolute atomic E-state index is 0.134. The Labute approximate surface area is 120 Å². The zero-order valence-electron chi connectivity index (χ0n) is 11.7. The van der Waals surface area contributed by atoms with E-state index in [2.05, 4.69) is 10.0 Å². The fraction of sp³-hybridized carbons (Fsp3) is 0.538. The number of halogens is 1. The summed E-state index contributed by atoms with van der Waals surface area (Å²) in [6.45, 7) is 6.37. The Morgan fingerprint density at radius 1 is 1.26 bits per heavy atom. The molecule has 4 nitrogen and oxygen atoms in total. The SMILES string of the molecule is CNCc1ccc(Cl)c(S(=O)(=O)NC(C)C(C)C)c1. The largest absolute Gasteiger partial charge is 0.316 e. The van der Waals surface area contributed by atoms with Gasteiger partial charge in [0.2, 0.25) is 10.0 Å². The first kappa shape index (κ1) is 16.4. The number of nitrogens with one attached hydrogen (secondary N) is 2. The van der Waals surface area contributed by atoms with Gasteiger partial charge in [0.05, 0.1) is 5.02 Å².